The van der Waals surface area contributed by atoms with Crippen LogP contribution in [0.25, 0.3) is 28.0 Å². The Morgan fingerprint density at radius 2 is 1.73 bits per heavy atom. The zero-order chi connectivity index (χ0) is 22.8. The predicted molar refractivity (Wildman–Crippen MR) is 128 cm³/mol. The molecule has 0 saturated carbocycles. The Hall–Kier alpha value is -3.43. The molecule has 0 aliphatic carbocycles. The molecule has 0 fully saturated rings. The van der Waals surface area contributed by atoms with Crippen LogP contribution >= 0.6 is 23.5 Å². The molecule has 5 rings (SSSR count). The van der Waals surface area contributed by atoms with E-state index in [1.807, 2.05) is 36.6 Å². The topological polar surface area (TPSA) is 73.8 Å². The first-order chi connectivity index (χ1) is 16.1. The molecule has 2 heterocycles. The molecule has 164 valence electrons. The number of fused-ring (bicyclic) bond motifs is 1. The number of thioether (sulfide) groups is 2. The molecule has 33 heavy (non-hydrogen) atoms. The molecule has 6 nitrogen and oxygen atoms in total. The van der Waals surface area contributed by atoms with Crippen LogP contribution in [0.1, 0.15) is 5.89 Å². The number of halogens is 1. The summed E-state index contributed by atoms with van der Waals surface area (Å²) in [7, 11) is 0. The molecule has 3 aromatic carbocycles. The summed E-state index contributed by atoms with van der Waals surface area (Å²) in [6.07, 6.45) is 2.02. The second-order valence-electron chi connectivity index (χ2n) is 7.06. The highest BCUT2D eigenvalue weighted by atomic mass is 32.2. The van der Waals surface area contributed by atoms with Gasteiger partial charge in [-0.15, -0.1) is 11.8 Å². The lowest BCUT2D eigenvalue weighted by atomic mass is 10.2. The summed E-state index contributed by atoms with van der Waals surface area (Å²) in [6.45, 7) is 0. The predicted octanol–water partition coefficient (Wildman–Crippen LogP) is 5.59. The quantitative estimate of drug-likeness (QED) is 0.234. The molecule has 0 radical (unpaired) electrons. The zero-order valence-electron chi connectivity index (χ0n) is 17.4. The molecule has 2 aromatic heterocycles. The SMILES string of the molecule is CSc1ccc(-c2noc(CSc3nc4ccccc4c(=O)n3-c3ccc(F)cc3)n2)cc1. The van der Waals surface area contributed by atoms with Gasteiger partial charge in [-0.1, -0.05) is 29.1 Å². The summed E-state index contributed by atoms with van der Waals surface area (Å²) in [5.74, 6) is 0.860. The number of rotatable bonds is 6. The van der Waals surface area contributed by atoms with Crippen molar-refractivity contribution in [3.05, 3.63) is 94.9 Å². The van der Waals surface area contributed by atoms with Gasteiger partial charge in [0.1, 0.15) is 5.82 Å². The minimum Gasteiger partial charge on any atom is -0.338 e. The maximum absolute atomic E-state index is 13.5. The number of benzene rings is 3. The first kappa shape index (κ1) is 21.4. The molecule has 0 bridgehead atoms. The largest absolute Gasteiger partial charge is 0.338 e. The molecule has 0 spiro atoms. The molecule has 0 aliphatic rings. The van der Waals surface area contributed by atoms with Crippen molar-refractivity contribution in [1.29, 1.82) is 0 Å². The van der Waals surface area contributed by atoms with E-state index in [0.29, 0.717) is 39.2 Å². The van der Waals surface area contributed by atoms with Gasteiger partial charge in [0.05, 0.1) is 22.3 Å². The third kappa shape index (κ3) is 4.42. The van der Waals surface area contributed by atoms with Crippen LogP contribution in [0.2, 0.25) is 0 Å². The lowest BCUT2D eigenvalue weighted by molar-refractivity contribution is 0.391. The molecule has 0 aliphatic heterocycles. The molecule has 0 saturated heterocycles. The van der Waals surface area contributed by atoms with Gasteiger partial charge in [-0.25, -0.2) is 9.37 Å². The highest BCUT2D eigenvalue weighted by Crippen LogP contribution is 2.26. The van der Waals surface area contributed by atoms with Crippen LogP contribution in [-0.4, -0.2) is 25.9 Å². The van der Waals surface area contributed by atoms with Gasteiger partial charge in [-0.2, -0.15) is 4.98 Å². The molecular weight excluding hydrogens is 459 g/mol. The van der Waals surface area contributed by atoms with Crippen LogP contribution in [-0.2, 0) is 5.75 Å². The molecular formula is C24H17FN4O2S2. The van der Waals surface area contributed by atoms with Gasteiger partial charge in [0.2, 0.25) is 11.7 Å². The maximum atomic E-state index is 13.5. The van der Waals surface area contributed by atoms with E-state index in [1.165, 1.54) is 28.5 Å². The van der Waals surface area contributed by atoms with Crippen molar-refractivity contribution in [3.8, 4) is 17.1 Å². The van der Waals surface area contributed by atoms with E-state index in [1.54, 1.807) is 42.1 Å². The average Bonchev–Trinajstić information content (AvgIpc) is 3.33. The lowest BCUT2D eigenvalue weighted by Crippen LogP contribution is -2.21. The Labute approximate surface area is 196 Å². The highest BCUT2D eigenvalue weighted by Gasteiger charge is 2.16. The van der Waals surface area contributed by atoms with E-state index >= 15 is 0 Å². The Bertz CT molecular complexity index is 1480. The third-order valence-corrected chi connectivity index (χ3v) is 6.64. The zero-order valence-corrected chi connectivity index (χ0v) is 19.1. The highest BCUT2D eigenvalue weighted by molar-refractivity contribution is 7.98. The average molecular weight is 477 g/mol. The number of para-hydroxylation sites is 1. The van der Waals surface area contributed by atoms with Crippen LogP contribution < -0.4 is 5.56 Å². The Morgan fingerprint density at radius 1 is 0.970 bits per heavy atom. The van der Waals surface area contributed by atoms with Crippen LogP contribution in [0.15, 0.2) is 92.2 Å². The Morgan fingerprint density at radius 3 is 2.48 bits per heavy atom. The summed E-state index contributed by atoms with van der Waals surface area (Å²) >= 11 is 2.96. The van der Waals surface area contributed by atoms with Crippen molar-refractivity contribution < 1.29 is 8.91 Å². The van der Waals surface area contributed by atoms with Crippen molar-refractivity contribution in [2.45, 2.75) is 15.8 Å². The van der Waals surface area contributed by atoms with Gasteiger partial charge >= 0.3 is 0 Å². The van der Waals surface area contributed by atoms with Gasteiger partial charge in [0.25, 0.3) is 5.56 Å². The van der Waals surface area contributed by atoms with Crippen molar-refractivity contribution in [1.82, 2.24) is 19.7 Å². The fourth-order valence-electron chi connectivity index (χ4n) is 3.32. The fraction of sp³-hybridized carbons (Fsp3) is 0.0833. The summed E-state index contributed by atoms with van der Waals surface area (Å²) in [4.78, 5) is 23.6. The monoisotopic (exact) mass is 476 g/mol. The Balaban J connectivity index is 1.47. The first-order valence-electron chi connectivity index (χ1n) is 10.00. The second-order valence-corrected chi connectivity index (χ2v) is 8.88. The van der Waals surface area contributed by atoms with E-state index in [2.05, 4.69) is 15.1 Å². The molecule has 0 N–H and O–H groups in total. The molecule has 9 heteroatoms. The fourth-order valence-corrected chi connectivity index (χ4v) is 4.58. The van der Waals surface area contributed by atoms with Gasteiger partial charge in [-0.3, -0.25) is 9.36 Å². The first-order valence-corrected chi connectivity index (χ1v) is 12.2. The smallest absolute Gasteiger partial charge is 0.266 e. The van der Waals surface area contributed by atoms with Crippen LogP contribution in [0.5, 0.6) is 0 Å². The summed E-state index contributed by atoms with van der Waals surface area (Å²) in [5, 5.41) is 5.01. The van der Waals surface area contributed by atoms with Crippen LogP contribution in [0.4, 0.5) is 4.39 Å². The lowest BCUT2D eigenvalue weighted by Gasteiger charge is -2.12. The third-order valence-electron chi connectivity index (χ3n) is 4.97. The van der Waals surface area contributed by atoms with E-state index in [9.17, 15) is 9.18 Å². The van der Waals surface area contributed by atoms with Crippen molar-refractivity contribution in [2.24, 2.45) is 0 Å². The van der Waals surface area contributed by atoms with Gasteiger partial charge in [0, 0.05) is 10.5 Å². The van der Waals surface area contributed by atoms with E-state index in [-0.39, 0.29) is 11.4 Å². The van der Waals surface area contributed by atoms with Crippen molar-refractivity contribution in [3.63, 3.8) is 0 Å². The Kier molecular flexibility index (Phi) is 5.97. The van der Waals surface area contributed by atoms with E-state index < -0.39 is 0 Å². The number of aromatic nitrogens is 4. The van der Waals surface area contributed by atoms with Crippen molar-refractivity contribution in [2.75, 3.05) is 6.26 Å². The van der Waals surface area contributed by atoms with Gasteiger partial charge < -0.3 is 4.52 Å². The minimum atomic E-state index is -0.376. The molecule has 5 aromatic rings. The number of nitrogens with zero attached hydrogens (tertiary/aromatic N) is 4. The normalized spacial score (nSPS) is 11.2. The molecule has 0 unspecified atom stereocenters. The van der Waals surface area contributed by atoms with E-state index in [4.69, 9.17) is 4.52 Å². The van der Waals surface area contributed by atoms with Crippen LogP contribution in [0.3, 0.4) is 0 Å². The number of hydrogen-bond donors (Lipinski definition) is 0. The van der Waals surface area contributed by atoms with Crippen molar-refractivity contribution >= 4 is 34.4 Å². The molecule has 0 amide bonds. The van der Waals surface area contributed by atoms with Gasteiger partial charge in [0.15, 0.2) is 5.16 Å². The summed E-state index contributed by atoms with van der Waals surface area (Å²) < 4.78 is 20.4. The van der Waals surface area contributed by atoms with E-state index in [0.717, 1.165) is 10.5 Å². The number of hydrogen-bond acceptors (Lipinski definition) is 7. The summed E-state index contributed by atoms with van der Waals surface area (Å²) in [6, 6.07) is 20.8. The standard InChI is InChI=1S/C24H17FN4O2S2/c1-32-18-12-6-15(7-13-18)22-27-21(31-28-22)14-33-24-26-20-5-3-2-4-19(20)23(30)29(24)17-10-8-16(25)9-11-17/h2-13H,14H2,1H3. The van der Waals surface area contributed by atoms with Crippen LogP contribution in [0, 0.1) is 5.82 Å². The minimum absolute atomic E-state index is 0.227. The summed E-state index contributed by atoms with van der Waals surface area (Å²) in [5.41, 5.74) is 1.75. The van der Waals surface area contributed by atoms with Gasteiger partial charge in [-0.05, 0) is 66.9 Å². The molecule has 0 atom stereocenters. The maximum Gasteiger partial charge on any atom is 0.266 e. The second kappa shape index (κ2) is 9.21.